The minimum Gasteiger partial charge on any atom is -0.356 e. The van der Waals surface area contributed by atoms with Crippen LogP contribution in [-0.2, 0) is 11.2 Å². The zero-order valence-electron chi connectivity index (χ0n) is 16.1. The van der Waals surface area contributed by atoms with E-state index in [1.54, 1.807) is 42.1 Å². The van der Waals surface area contributed by atoms with Crippen molar-refractivity contribution in [3.8, 4) is 0 Å². The zero-order valence-corrected chi connectivity index (χ0v) is 17.7. The lowest BCUT2D eigenvalue weighted by Crippen LogP contribution is -2.40. The molecule has 27 heavy (non-hydrogen) atoms. The molecular formula is C19H27N5OS2. The van der Waals surface area contributed by atoms with Crippen molar-refractivity contribution in [3.05, 3.63) is 46.4 Å². The van der Waals surface area contributed by atoms with Crippen LogP contribution in [0.15, 0.2) is 46.4 Å². The molecule has 8 heteroatoms. The smallest absolute Gasteiger partial charge is 0.243 e. The highest BCUT2D eigenvalue weighted by Crippen LogP contribution is 2.15. The summed E-state index contributed by atoms with van der Waals surface area (Å²) in [4.78, 5) is 24.6. The lowest BCUT2D eigenvalue weighted by Gasteiger charge is -2.13. The Morgan fingerprint density at radius 3 is 2.63 bits per heavy atom. The van der Waals surface area contributed by atoms with E-state index in [-0.39, 0.29) is 12.5 Å². The molecule has 0 saturated heterocycles. The van der Waals surface area contributed by atoms with Crippen LogP contribution in [0.2, 0.25) is 0 Å². The fourth-order valence-corrected chi connectivity index (χ4v) is 3.70. The number of thioether (sulfide) groups is 1. The van der Waals surface area contributed by atoms with Gasteiger partial charge in [0.05, 0.1) is 5.01 Å². The fraction of sp³-hybridized carbons (Fsp3) is 0.421. The van der Waals surface area contributed by atoms with Crippen LogP contribution < -0.4 is 10.6 Å². The van der Waals surface area contributed by atoms with Gasteiger partial charge in [0, 0.05) is 55.3 Å². The van der Waals surface area contributed by atoms with Gasteiger partial charge in [0.2, 0.25) is 5.91 Å². The van der Waals surface area contributed by atoms with Gasteiger partial charge in [-0.25, -0.2) is 9.98 Å². The molecule has 1 aromatic heterocycles. The summed E-state index contributed by atoms with van der Waals surface area (Å²) in [5.74, 6) is 1.55. The molecule has 1 heterocycles. The third kappa shape index (κ3) is 8.45. The third-order valence-corrected chi connectivity index (χ3v) is 5.56. The number of carbonyl (C=O) groups excluding carboxylic acids is 1. The van der Waals surface area contributed by atoms with Crippen molar-refractivity contribution in [3.63, 3.8) is 0 Å². The van der Waals surface area contributed by atoms with Gasteiger partial charge in [-0.05, 0) is 19.1 Å². The van der Waals surface area contributed by atoms with Crippen LogP contribution in [0.5, 0.6) is 0 Å². The second-order valence-corrected chi connectivity index (χ2v) is 8.57. The number of guanidine groups is 1. The van der Waals surface area contributed by atoms with Gasteiger partial charge in [0.1, 0.15) is 6.54 Å². The number of likely N-dealkylation sites (N-methyl/N-ethyl adjacent to an activating group) is 1. The summed E-state index contributed by atoms with van der Waals surface area (Å²) in [6.45, 7) is 3.67. The van der Waals surface area contributed by atoms with Gasteiger partial charge in [-0.3, -0.25) is 4.79 Å². The Balaban J connectivity index is 1.80. The maximum atomic E-state index is 11.8. The molecule has 6 nitrogen and oxygen atoms in total. The van der Waals surface area contributed by atoms with Crippen molar-refractivity contribution in [2.45, 2.75) is 18.2 Å². The second-order valence-electron chi connectivity index (χ2n) is 6.08. The Morgan fingerprint density at radius 2 is 1.96 bits per heavy atom. The highest BCUT2D eigenvalue weighted by molar-refractivity contribution is 7.99. The largest absolute Gasteiger partial charge is 0.356 e. The molecule has 2 N–H and O–H groups in total. The van der Waals surface area contributed by atoms with Gasteiger partial charge >= 0.3 is 0 Å². The van der Waals surface area contributed by atoms with Crippen molar-refractivity contribution < 1.29 is 4.79 Å². The third-order valence-electron chi connectivity index (χ3n) is 3.58. The number of nitrogens with zero attached hydrogens (tertiary/aromatic N) is 3. The summed E-state index contributed by atoms with van der Waals surface area (Å²) in [6, 6.07) is 10.3. The molecule has 0 aliphatic heterocycles. The first kappa shape index (κ1) is 21.2. The molecule has 0 aliphatic carbocycles. The number of aliphatic imine (C=N–C) groups is 1. The number of aromatic nitrogens is 1. The Bertz CT molecular complexity index is 731. The fourth-order valence-electron chi connectivity index (χ4n) is 2.12. The van der Waals surface area contributed by atoms with Crippen molar-refractivity contribution in [1.29, 1.82) is 0 Å². The minimum atomic E-state index is -0.0229. The number of carbonyl (C=O) groups is 1. The average Bonchev–Trinajstić information content (AvgIpc) is 3.08. The minimum absolute atomic E-state index is 0.0229. The molecule has 0 fully saturated rings. The van der Waals surface area contributed by atoms with Crippen LogP contribution in [0.1, 0.15) is 9.88 Å². The Labute approximate surface area is 169 Å². The molecular weight excluding hydrogens is 378 g/mol. The molecule has 0 atom stereocenters. The van der Waals surface area contributed by atoms with E-state index in [1.165, 1.54) is 9.77 Å². The molecule has 0 unspecified atom stereocenters. The van der Waals surface area contributed by atoms with Crippen molar-refractivity contribution >= 4 is 35.0 Å². The Kier molecular flexibility index (Phi) is 9.13. The molecule has 1 aromatic carbocycles. The number of thiazole rings is 1. The predicted octanol–water partition coefficient (Wildman–Crippen LogP) is 2.41. The molecule has 0 bridgehead atoms. The summed E-state index contributed by atoms with van der Waals surface area (Å²) in [5, 5.41) is 7.70. The van der Waals surface area contributed by atoms with Crippen LogP contribution in [0.3, 0.4) is 0 Å². The molecule has 0 spiro atoms. The molecule has 0 radical (unpaired) electrons. The van der Waals surface area contributed by atoms with E-state index in [0.29, 0.717) is 5.96 Å². The average molecular weight is 406 g/mol. The first-order valence-electron chi connectivity index (χ1n) is 8.86. The number of amides is 1. The molecule has 2 aromatic rings. The monoisotopic (exact) mass is 405 g/mol. The van der Waals surface area contributed by atoms with Crippen molar-refractivity contribution in [1.82, 2.24) is 20.5 Å². The molecule has 0 saturated carbocycles. The second kappa shape index (κ2) is 11.6. The van der Waals surface area contributed by atoms with Gasteiger partial charge in [-0.2, -0.15) is 0 Å². The number of benzene rings is 1. The lowest BCUT2D eigenvalue weighted by molar-refractivity contribution is -0.127. The summed E-state index contributed by atoms with van der Waals surface area (Å²) >= 11 is 3.49. The van der Waals surface area contributed by atoms with Gasteiger partial charge < -0.3 is 15.5 Å². The van der Waals surface area contributed by atoms with Crippen LogP contribution in [0.25, 0.3) is 0 Å². The Hall–Kier alpha value is -2.06. The van der Waals surface area contributed by atoms with E-state index in [1.807, 2.05) is 24.4 Å². The zero-order chi connectivity index (χ0) is 19.5. The van der Waals surface area contributed by atoms with Crippen molar-refractivity contribution in [2.24, 2.45) is 4.99 Å². The van der Waals surface area contributed by atoms with Crippen LogP contribution in [0, 0.1) is 6.92 Å². The highest BCUT2D eigenvalue weighted by atomic mass is 32.2. The molecule has 146 valence electrons. The molecule has 0 aliphatic rings. The number of aryl methyl sites for hydroxylation is 1. The summed E-state index contributed by atoms with van der Waals surface area (Å²) < 4.78 is 0. The predicted molar refractivity (Wildman–Crippen MR) is 115 cm³/mol. The Morgan fingerprint density at radius 1 is 1.22 bits per heavy atom. The maximum absolute atomic E-state index is 11.8. The van der Waals surface area contributed by atoms with Gasteiger partial charge in [0.25, 0.3) is 0 Å². The van der Waals surface area contributed by atoms with E-state index in [9.17, 15) is 4.79 Å². The van der Waals surface area contributed by atoms with Gasteiger partial charge in [0.15, 0.2) is 5.96 Å². The standard InChI is InChI=1S/C19H27N5OS2/c1-15-13-22-17(27-15)9-10-20-19(23-14-18(25)24(2)3)21-11-12-26-16-7-5-4-6-8-16/h4-8,13H,9-12,14H2,1-3H3,(H2,20,21,23). The van der Waals surface area contributed by atoms with Crippen LogP contribution in [-0.4, -0.2) is 61.2 Å². The summed E-state index contributed by atoms with van der Waals surface area (Å²) in [7, 11) is 3.47. The SMILES string of the molecule is Cc1cnc(CCNC(=NCC(=O)N(C)C)NCCSc2ccccc2)s1. The quantitative estimate of drug-likeness (QED) is 0.290. The topological polar surface area (TPSA) is 69.6 Å². The first-order valence-corrected chi connectivity index (χ1v) is 10.7. The van der Waals surface area contributed by atoms with E-state index in [0.717, 1.165) is 30.3 Å². The number of hydrogen-bond donors (Lipinski definition) is 2. The van der Waals surface area contributed by atoms with E-state index in [2.05, 4.69) is 39.7 Å². The number of rotatable bonds is 9. The molecule has 1 amide bonds. The van der Waals surface area contributed by atoms with E-state index >= 15 is 0 Å². The van der Waals surface area contributed by atoms with E-state index in [4.69, 9.17) is 0 Å². The summed E-state index contributed by atoms with van der Waals surface area (Å²) in [6.07, 6.45) is 2.73. The normalized spacial score (nSPS) is 11.3. The number of hydrogen-bond acceptors (Lipinski definition) is 5. The molecule has 2 rings (SSSR count). The number of nitrogens with one attached hydrogen (secondary N) is 2. The van der Waals surface area contributed by atoms with Gasteiger partial charge in [-0.1, -0.05) is 18.2 Å². The van der Waals surface area contributed by atoms with Gasteiger partial charge in [-0.15, -0.1) is 23.1 Å². The van der Waals surface area contributed by atoms with Crippen LogP contribution >= 0.6 is 23.1 Å². The first-order chi connectivity index (χ1) is 13.0. The maximum Gasteiger partial charge on any atom is 0.243 e. The summed E-state index contributed by atoms with van der Waals surface area (Å²) in [5.41, 5.74) is 0. The highest BCUT2D eigenvalue weighted by Gasteiger charge is 2.05. The van der Waals surface area contributed by atoms with Crippen molar-refractivity contribution in [2.75, 3.05) is 39.5 Å². The van der Waals surface area contributed by atoms with Crippen LogP contribution in [0.4, 0.5) is 0 Å². The lowest BCUT2D eigenvalue weighted by atomic mass is 10.4. The van der Waals surface area contributed by atoms with E-state index < -0.39 is 0 Å².